The maximum absolute atomic E-state index is 5.88. The van der Waals surface area contributed by atoms with Crippen LogP contribution in [0.2, 0.25) is 0 Å². The molecule has 2 rings (SSSR count). The molecule has 1 unspecified atom stereocenters. The molecule has 1 aromatic heterocycles. The predicted octanol–water partition coefficient (Wildman–Crippen LogP) is 4.15. The molecule has 0 saturated carbocycles. The number of pyridine rings is 1. The summed E-state index contributed by atoms with van der Waals surface area (Å²) in [5, 5.41) is 3.38. The van der Waals surface area contributed by atoms with Crippen molar-refractivity contribution in [1.29, 1.82) is 0 Å². The molecule has 19 heavy (non-hydrogen) atoms. The maximum Gasteiger partial charge on any atom is 0.223 e. The highest BCUT2D eigenvalue weighted by Crippen LogP contribution is 2.27. The van der Waals surface area contributed by atoms with E-state index in [4.69, 9.17) is 4.74 Å². The van der Waals surface area contributed by atoms with Crippen LogP contribution in [0.25, 0.3) is 0 Å². The molecule has 0 bridgehead atoms. The molecular weight excluding hydrogens is 351 g/mol. The Morgan fingerprint density at radius 2 is 2.00 bits per heavy atom. The fourth-order valence-electron chi connectivity index (χ4n) is 1.85. The zero-order valence-corrected chi connectivity index (χ0v) is 13.2. The molecule has 1 N–H and O–H groups in total. The summed E-state index contributed by atoms with van der Waals surface area (Å²) in [6.45, 7) is 5.12. The Hall–Kier alpha value is -1.14. The van der Waals surface area contributed by atoms with Crippen LogP contribution in [0.1, 0.15) is 25.5 Å². The van der Waals surface area contributed by atoms with Crippen molar-refractivity contribution >= 4 is 22.6 Å². The lowest BCUT2D eigenvalue weighted by atomic mass is 10.1. The number of hydrogen-bond donors (Lipinski definition) is 1. The minimum Gasteiger partial charge on any atom is -0.439 e. The van der Waals surface area contributed by atoms with Gasteiger partial charge in [-0.3, -0.25) is 0 Å². The average molecular weight is 368 g/mol. The lowest BCUT2D eigenvalue weighted by Crippen LogP contribution is -2.18. The van der Waals surface area contributed by atoms with Gasteiger partial charge >= 0.3 is 0 Å². The van der Waals surface area contributed by atoms with Crippen LogP contribution >= 0.6 is 22.6 Å². The van der Waals surface area contributed by atoms with Crippen LogP contribution in [-0.2, 0) is 0 Å². The van der Waals surface area contributed by atoms with Crippen molar-refractivity contribution in [2.24, 2.45) is 0 Å². The summed E-state index contributed by atoms with van der Waals surface area (Å²) < 4.78 is 7.06. The maximum atomic E-state index is 5.88. The molecule has 0 radical (unpaired) electrons. The molecule has 0 aliphatic heterocycles. The summed E-state index contributed by atoms with van der Waals surface area (Å²) in [6.07, 6.45) is 1.75. The average Bonchev–Trinajstić information content (AvgIpc) is 2.42. The number of halogens is 1. The Balaban J connectivity index is 2.22. The van der Waals surface area contributed by atoms with E-state index >= 15 is 0 Å². The Labute approximate surface area is 127 Å². The number of ether oxygens (including phenoxy) is 1. The van der Waals surface area contributed by atoms with Gasteiger partial charge in [-0.15, -0.1) is 0 Å². The molecule has 1 atom stereocenters. The van der Waals surface area contributed by atoms with Gasteiger partial charge in [-0.2, -0.15) is 0 Å². The first-order valence-electron chi connectivity index (χ1n) is 6.32. The molecule has 0 aliphatic rings. The Kier molecular flexibility index (Phi) is 5.15. The molecule has 0 spiro atoms. The molecule has 4 heteroatoms. The molecule has 3 nitrogen and oxygen atoms in total. The van der Waals surface area contributed by atoms with Crippen molar-refractivity contribution in [3.05, 3.63) is 51.7 Å². The highest BCUT2D eigenvalue weighted by Gasteiger charge is 2.12. The van der Waals surface area contributed by atoms with Gasteiger partial charge in [0.25, 0.3) is 0 Å². The minimum absolute atomic E-state index is 0.220. The van der Waals surface area contributed by atoms with Crippen LogP contribution in [0.3, 0.4) is 0 Å². The molecule has 1 aromatic carbocycles. The lowest BCUT2D eigenvalue weighted by Gasteiger charge is -2.16. The summed E-state index contributed by atoms with van der Waals surface area (Å²) in [5.41, 5.74) is 1.07. The van der Waals surface area contributed by atoms with E-state index in [1.807, 2.05) is 36.4 Å². The van der Waals surface area contributed by atoms with Crippen LogP contribution < -0.4 is 10.1 Å². The lowest BCUT2D eigenvalue weighted by molar-refractivity contribution is 0.444. The molecular formula is C15H17IN2O. The fraction of sp³-hybridized carbons (Fsp3) is 0.267. The number of nitrogens with zero attached hydrogens (tertiary/aromatic N) is 1. The van der Waals surface area contributed by atoms with Gasteiger partial charge in [0.05, 0.1) is 0 Å². The third kappa shape index (κ3) is 3.91. The SMILES string of the molecule is CCNC(C)c1cccnc1Oc1ccc(I)cc1. The highest BCUT2D eigenvalue weighted by molar-refractivity contribution is 14.1. The van der Waals surface area contributed by atoms with Gasteiger partial charge in [0.15, 0.2) is 0 Å². The quantitative estimate of drug-likeness (QED) is 0.806. The number of benzene rings is 1. The summed E-state index contributed by atoms with van der Waals surface area (Å²) >= 11 is 2.27. The first kappa shape index (κ1) is 14.3. The topological polar surface area (TPSA) is 34.2 Å². The number of hydrogen-bond acceptors (Lipinski definition) is 3. The molecule has 2 aromatic rings. The fourth-order valence-corrected chi connectivity index (χ4v) is 2.21. The molecule has 1 heterocycles. The third-order valence-electron chi connectivity index (χ3n) is 2.81. The van der Waals surface area contributed by atoms with E-state index in [9.17, 15) is 0 Å². The summed E-state index contributed by atoms with van der Waals surface area (Å²) in [4.78, 5) is 4.34. The van der Waals surface area contributed by atoms with Crippen LogP contribution in [0.4, 0.5) is 0 Å². The van der Waals surface area contributed by atoms with E-state index in [-0.39, 0.29) is 6.04 Å². The molecule has 100 valence electrons. The summed E-state index contributed by atoms with van der Waals surface area (Å²) in [6, 6.07) is 12.2. The second-order valence-electron chi connectivity index (χ2n) is 4.23. The van der Waals surface area contributed by atoms with E-state index in [0.717, 1.165) is 17.9 Å². The zero-order chi connectivity index (χ0) is 13.7. The van der Waals surface area contributed by atoms with Gasteiger partial charge in [0, 0.05) is 21.4 Å². The normalized spacial score (nSPS) is 12.2. The smallest absolute Gasteiger partial charge is 0.223 e. The van der Waals surface area contributed by atoms with Crippen LogP contribution in [0.5, 0.6) is 11.6 Å². The van der Waals surface area contributed by atoms with Gasteiger partial charge in [-0.05, 0) is 66.4 Å². The van der Waals surface area contributed by atoms with Crippen molar-refractivity contribution < 1.29 is 4.74 Å². The van der Waals surface area contributed by atoms with Crippen molar-refractivity contribution in [3.63, 3.8) is 0 Å². The first-order valence-corrected chi connectivity index (χ1v) is 7.40. The van der Waals surface area contributed by atoms with Crippen molar-refractivity contribution in [3.8, 4) is 11.6 Å². The largest absolute Gasteiger partial charge is 0.439 e. The summed E-state index contributed by atoms with van der Waals surface area (Å²) in [5.74, 6) is 1.47. The zero-order valence-electron chi connectivity index (χ0n) is 11.1. The minimum atomic E-state index is 0.220. The van der Waals surface area contributed by atoms with E-state index in [1.54, 1.807) is 6.20 Å². The Bertz CT molecular complexity index is 528. The van der Waals surface area contributed by atoms with E-state index in [1.165, 1.54) is 3.57 Å². The third-order valence-corrected chi connectivity index (χ3v) is 3.52. The van der Waals surface area contributed by atoms with Gasteiger partial charge < -0.3 is 10.1 Å². The Morgan fingerprint density at radius 1 is 1.26 bits per heavy atom. The Morgan fingerprint density at radius 3 is 2.68 bits per heavy atom. The monoisotopic (exact) mass is 368 g/mol. The standard InChI is InChI=1S/C15H17IN2O/c1-3-17-11(2)14-5-4-10-18-15(14)19-13-8-6-12(16)7-9-13/h4-11,17H,3H2,1-2H3. The van der Waals surface area contributed by atoms with E-state index < -0.39 is 0 Å². The van der Waals surface area contributed by atoms with Gasteiger partial charge in [-0.1, -0.05) is 13.0 Å². The highest BCUT2D eigenvalue weighted by atomic mass is 127. The molecule has 0 fully saturated rings. The molecule has 0 amide bonds. The van der Waals surface area contributed by atoms with Crippen LogP contribution in [0, 0.1) is 3.57 Å². The van der Waals surface area contributed by atoms with Crippen LogP contribution in [0.15, 0.2) is 42.6 Å². The van der Waals surface area contributed by atoms with Gasteiger partial charge in [0.1, 0.15) is 5.75 Å². The summed E-state index contributed by atoms with van der Waals surface area (Å²) in [7, 11) is 0. The van der Waals surface area contributed by atoms with E-state index in [2.05, 4.69) is 46.7 Å². The van der Waals surface area contributed by atoms with Crippen molar-refractivity contribution in [2.45, 2.75) is 19.9 Å². The number of rotatable bonds is 5. The van der Waals surface area contributed by atoms with Crippen molar-refractivity contribution in [1.82, 2.24) is 10.3 Å². The molecule has 0 saturated heterocycles. The van der Waals surface area contributed by atoms with Crippen molar-refractivity contribution in [2.75, 3.05) is 6.54 Å². The molecule has 0 aliphatic carbocycles. The second-order valence-corrected chi connectivity index (χ2v) is 5.48. The van der Waals surface area contributed by atoms with Gasteiger partial charge in [0.2, 0.25) is 5.88 Å². The first-order chi connectivity index (χ1) is 9.20. The second kappa shape index (κ2) is 6.86. The van der Waals surface area contributed by atoms with Crippen LogP contribution in [-0.4, -0.2) is 11.5 Å². The number of nitrogens with one attached hydrogen (secondary N) is 1. The predicted molar refractivity (Wildman–Crippen MR) is 85.6 cm³/mol. The van der Waals surface area contributed by atoms with E-state index in [0.29, 0.717) is 5.88 Å². The van der Waals surface area contributed by atoms with Gasteiger partial charge in [-0.25, -0.2) is 4.98 Å². The number of aromatic nitrogens is 1.